The second-order valence-corrected chi connectivity index (χ2v) is 7.28. The third-order valence-corrected chi connectivity index (χ3v) is 5.55. The van der Waals surface area contributed by atoms with E-state index in [0.29, 0.717) is 25.3 Å². The normalized spacial score (nSPS) is 24.2. The predicted molar refractivity (Wildman–Crippen MR) is 97.0 cm³/mol. The first-order chi connectivity index (χ1) is 12.7. The number of amides is 2. The average Bonchev–Trinajstić information content (AvgIpc) is 3.23. The lowest BCUT2D eigenvalue weighted by Crippen LogP contribution is -2.57. The summed E-state index contributed by atoms with van der Waals surface area (Å²) < 4.78 is 0. The van der Waals surface area contributed by atoms with Crippen molar-refractivity contribution in [1.29, 1.82) is 0 Å². The van der Waals surface area contributed by atoms with Crippen LogP contribution in [0.25, 0.3) is 0 Å². The van der Waals surface area contributed by atoms with Gasteiger partial charge < -0.3 is 20.0 Å². The van der Waals surface area contributed by atoms with Gasteiger partial charge in [0, 0.05) is 45.3 Å². The molecule has 3 aliphatic rings. The number of carbonyl (C=O) groups excluding carboxylic acids is 2. The number of likely N-dealkylation sites (tertiary alicyclic amines) is 1. The summed E-state index contributed by atoms with van der Waals surface area (Å²) in [7, 11) is 0. The summed E-state index contributed by atoms with van der Waals surface area (Å²) in [4.78, 5) is 30.9. The molecule has 2 amide bonds. The summed E-state index contributed by atoms with van der Waals surface area (Å²) in [6.45, 7) is 5.25. The van der Waals surface area contributed by atoms with Crippen LogP contribution in [0, 0.1) is 0 Å². The van der Waals surface area contributed by atoms with Crippen LogP contribution in [0.1, 0.15) is 36.2 Å². The van der Waals surface area contributed by atoms with Gasteiger partial charge in [-0.25, -0.2) is 0 Å². The number of rotatable bonds is 3. The molecule has 0 bridgehead atoms. The van der Waals surface area contributed by atoms with Gasteiger partial charge in [0.15, 0.2) is 11.5 Å². The predicted octanol–water partition coefficient (Wildman–Crippen LogP) is 0.113. The standard InChI is InChI=1S/C18H26N6O2/c25-17-12-19-7-11-24(17)14-4-3-10-23(13-14)18(26)15-5-6-16(21-20-15)22-8-1-2-9-22/h5-6,14,19H,1-4,7-13H2. The van der Waals surface area contributed by atoms with Gasteiger partial charge in [0.25, 0.3) is 5.91 Å². The number of piperidine rings is 1. The molecule has 1 aromatic heterocycles. The number of hydrogen-bond donors (Lipinski definition) is 1. The highest BCUT2D eigenvalue weighted by Crippen LogP contribution is 2.20. The molecule has 3 aliphatic heterocycles. The number of hydrogen-bond acceptors (Lipinski definition) is 6. The first kappa shape index (κ1) is 17.2. The Hall–Kier alpha value is -2.22. The molecule has 8 nitrogen and oxygen atoms in total. The lowest BCUT2D eigenvalue weighted by Gasteiger charge is -2.41. The van der Waals surface area contributed by atoms with Crippen molar-refractivity contribution < 1.29 is 9.59 Å². The maximum Gasteiger partial charge on any atom is 0.274 e. The van der Waals surface area contributed by atoms with Crippen LogP contribution in [-0.4, -0.2) is 83.7 Å². The SMILES string of the molecule is O=C(c1ccc(N2CCCC2)nn1)N1CCCC(N2CCNCC2=O)C1. The quantitative estimate of drug-likeness (QED) is 0.826. The lowest BCUT2D eigenvalue weighted by molar-refractivity contribution is -0.135. The van der Waals surface area contributed by atoms with Crippen molar-refractivity contribution in [2.75, 3.05) is 50.7 Å². The number of piperazine rings is 1. The zero-order chi connectivity index (χ0) is 17.9. The second-order valence-electron chi connectivity index (χ2n) is 7.28. The Bertz CT molecular complexity index is 658. The van der Waals surface area contributed by atoms with Crippen LogP contribution in [0.4, 0.5) is 5.82 Å². The zero-order valence-corrected chi connectivity index (χ0v) is 15.1. The molecule has 140 valence electrons. The van der Waals surface area contributed by atoms with Gasteiger partial charge in [-0.15, -0.1) is 10.2 Å². The van der Waals surface area contributed by atoms with E-state index in [0.717, 1.165) is 44.8 Å². The average molecular weight is 358 g/mol. The number of anilines is 1. The number of nitrogens with zero attached hydrogens (tertiary/aromatic N) is 5. The minimum Gasteiger partial charge on any atom is -0.355 e. The molecular weight excluding hydrogens is 332 g/mol. The minimum atomic E-state index is -0.0854. The molecule has 4 rings (SSSR count). The van der Waals surface area contributed by atoms with Gasteiger partial charge in [-0.2, -0.15) is 0 Å². The summed E-state index contributed by atoms with van der Waals surface area (Å²) >= 11 is 0. The fourth-order valence-electron chi connectivity index (χ4n) is 4.12. The van der Waals surface area contributed by atoms with Crippen LogP contribution in [0.15, 0.2) is 12.1 Å². The van der Waals surface area contributed by atoms with E-state index in [4.69, 9.17) is 0 Å². The number of aromatic nitrogens is 2. The van der Waals surface area contributed by atoms with Crippen LogP contribution < -0.4 is 10.2 Å². The first-order valence-corrected chi connectivity index (χ1v) is 9.60. The van der Waals surface area contributed by atoms with Crippen molar-refractivity contribution in [1.82, 2.24) is 25.3 Å². The molecule has 26 heavy (non-hydrogen) atoms. The zero-order valence-electron chi connectivity index (χ0n) is 15.1. The van der Waals surface area contributed by atoms with Gasteiger partial charge in [-0.3, -0.25) is 9.59 Å². The van der Waals surface area contributed by atoms with Crippen molar-refractivity contribution in [2.45, 2.75) is 31.7 Å². The van der Waals surface area contributed by atoms with Crippen LogP contribution in [0.5, 0.6) is 0 Å². The van der Waals surface area contributed by atoms with Crippen LogP contribution in [0.3, 0.4) is 0 Å². The van der Waals surface area contributed by atoms with Crippen molar-refractivity contribution in [3.05, 3.63) is 17.8 Å². The van der Waals surface area contributed by atoms with Crippen molar-refractivity contribution in [2.24, 2.45) is 0 Å². The molecule has 0 saturated carbocycles. The third-order valence-electron chi connectivity index (χ3n) is 5.55. The first-order valence-electron chi connectivity index (χ1n) is 9.60. The lowest BCUT2D eigenvalue weighted by atomic mass is 10.0. The van der Waals surface area contributed by atoms with Crippen LogP contribution in [0.2, 0.25) is 0 Å². The Morgan fingerprint density at radius 2 is 1.92 bits per heavy atom. The van der Waals surface area contributed by atoms with Gasteiger partial charge in [-0.05, 0) is 37.8 Å². The number of nitrogens with one attached hydrogen (secondary N) is 1. The molecule has 1 atom stereocenters. The highest BCUT2D eigenvalue weighted by molar-refractivity contribution is 5.92. The Balaban J connectivity index is 1.41. The maximum atomic E-state index is 12.8. The largest absolute Gasteiger partial charge is 0.355 e. The topological polar surface area (TPSA) is 81.7 Å². The molecule has 4 heterocycles. The molecule has 8 heteroatoms. The fourth-order valence-corrected chi connectivity index (χ4v) is 4.12. The summed E-state index contributed by atoms with van der Waals surface area (Å²) in [5, 5.41) is 11.5. The molecule has 1 aromatic rings. The Morgan fingerprint density at radius 1 is 1.08 bits per heavy atom. The van der Waals surface area contributed by atoms with Gasteiger partial charge in [0.05, 0.1) is 6.54 Å². The van der Waals surface area contributed by atoms with E-state index in [2.05, 4.69) is 20.4 Å². The van der Waals surface area contributed by atoms with Crippen molar-refractivity contribution >= 4 is 17.6 Å². The highest BCUT2D eigenvalue weighted by Gasteiger charge is 2.32. The van der Waals surface area contributed by atoms with Gasteiger partial charge in [0.2, 0.25) is 5.91 Å². The van der Waals surface area contributed by atoms with E-state index >= 15 is 0 Å². The molecular formula is C18H26N6O2. The molecule has 1 N–H and O–H groups in total. The Morgan fingerprint density at radius 3 is 2.65 bits per heavy atom. The summed E-state index contributed by atoms with van der Waals surface area (Å²) in [5.74, 6) is 0.894. The smallest absolute Gasteiger partial charge is 0.274 e. The van der Waals surface area contributed by atoms with Gasteiger partial charge in [-0.1, -0.05) is 0 Å². The van der Waals surface area contributed by atoms with E-state index in [-0.39, 0.29) is 17.9 Å². The number of carbonyl (C=O) groups is 2. The molecule has 3 saturated heterocycles. The van der Waals surface area contributed by atoms with Crippen molar-refractivity contribution in [3.8, 4) is 0 Å². The van der Waals surface area contributed by atoms with Crippen molar-refractivity contribution in [3.63, 3.8) is 0 Å². The van der Waals surface area contributed by atoms with E-state index < -0.39 is 0 Å². The van der Waals surface area contributed by atoms with Gasteiger partial charge in [0.1, 0.15) is 0 Å². The monoisotopic (exact) mass is 358 g/mol. The third kappa shape index (κ3) is 3.51. The maximum absolute atomic E-state index is 12.8. The molecule has 3 fully saturated rings. The Labute approximate surface area is 153 Å². The summed E-state index contributed by atoms with van der Waals surface area (Å²) in [6.07, 6.45) is 4.23. The van der Waals surface area contributed by atoms with E-state index in [1.807, 2.05) is 15.9 Å². The Kier molecular flexibility index (Phi) is 5.01. The molecule has 0 radical (unpaired) electrons. The van der Waals surface area contributed by atoms with Crippen LogP contribution >= 0.6 is 0 Å². The minimum absolute atomic E-state index is 0.0854. The second kappa shape index (κ2) is 7.57. The fraction of sp³-hybridized carbons (Fsp3) is 0.667. The highest BCUT2D eigenvalue weighted by atomic mass is 16.2. The van der Waals surface area contributed by atoms with Crippen LogP contribution in [-0.2, 0) is 4.79 Å². The van der Waals surface area contributed by atoms with E-state index in [1.165, 1.54) is 12.8 Å². The summed E-state index contributed by atoms with van der Waals surface area (Å²) in [6, 6.07) is 3.79. The molecule has 0 aromatic carbocycles. The van der Waals surface area contributed by atoms with E-state index in [9.17, 15) is 9.59 Å². The molecule has 0 aliphatic carbocycles. The van der Waals surface area contributed by atoms with E-state index in [1.54, 1.807) is 6.07 Å². The molecule has 1 unspecified atom stereocenters. The molecule has 0 spiro atoms. The van der Waals surface area contributed by atoms with Gasteiger partial charge >= 0.3 is 0 Å². The summed E-state index contributed by atoms with van der Waals surface area (Å²) in [5.41, 5.74) is 0.389.